The van der Waals surface area contributed by atoms with Crippen molar-refractivity contribution in [1.82, 2.24) is 4.31 Å². The number of rotatable bonds is 9. The fraction of sp³-hybridized carbons (Fsp3) is 0.538. The molecular weight excluding hydrogens is 321 g/mol. The Morgan fingerprint density at radius 2 is 1.76 bits per heavy atom. The van der Waals surface area contributed by atoms with Gasteiger partial charge in [0.2, 0.25) is 10.0 Å². The van der Waals surface area contributed by atoms with Crippen LogP contribution >= 0.6 is 11.6 Å². The largest absolute Gasteiger partial charge is 0.383 e. The SMILES string of the molecule is COCCN(CCOC)S(=O)(=O)c1ccc(CCl)cc1F. The summed E-state index contributed by atoms with van der Waals surface area (Å²) in [5.74, 6) is -0.693. The normalized spacial score (nSPS) is 12.0. The molecule has 0 aliphatic rings. The van der Waals surface area contributed by atoms with Crippen LogP contribution in [-0.2, 0) is 25.4 Å². The highest BCUT2D eigenvalue weighted by atomic mass is 35.5. The molecule has 0 saturated carbocycles. The number of benzene rings is 1. The molecule has 0 aliphatic heterocycles. The van der Waals surface area contributed by atoms with Crippen molar-refractivity contribution in [3.63, 3.8) is 0 Å². The molecule has 0 N–H and O–H groups in total. The van der Waals surface area contributed by atoms with E-state index in [0.29, 0.717) is 5.56 Å². The van der Waals surface area contributed by atoms with E-state index in [0.717, 1.165) is 10.4 Å². The number of nitrogens with zero attached hydrogens (tertiary/aromatic N) is 1. The summed E-state index contributed by atoms with van der Waals surface area (Å²) in [4.78, 5) is -0.372. The van der Waals surface area contributed by atoms with Crippen LogP contribution < -0.4 is 0 Å². The highest BCUT2D eigenvalue weighted by Crippen LogP contribution is 2.21. The van der Waals surface area contributed by atoms with Crippen LogP contribution in [0.1, 0.15) is 5.56 Å². The molecule has 0 amide bonds. The summed E-state index contributed by atoms with van der Waals surface area (Å²) in [7, 11) is -1.01. The zero-order valence-electron chi connectivity index (χ0n) is 12.0. The van der Waals surface area contributed by atoms with Crippen molar-refractivity contribution in [2.75, 3.05) is 40.5 Å². The predicted octanol–water partition coefficient (Wildman–Crippen LogP) is 1.85. The summed E-state index contributed by atoms with van der Waals surface area (Å²) in [5, 5.41) is 0. The summed E-state index contributed by atoms with van der Waals surface area (Å²) in [6.45, 7) is 0.673. The van der Waals surface area contributed by atoms with Gasteiger partial charge >= 0.3 is 0 Å². The van der Waals surface area contributed by atoms with Gasteiger partial charge in [0.05, 0.1) is 13.2 Å². The minimum Gasteiger partial charge on any atom is -0.383 e. The van der Waals surface area contributed by atoms with Crippen LogP contribution in [-0.4, -0.2) is 53.2 Å². The van der Waals surface area contributed by atoms with Crippen LogP contribution in [0.15, 0.2) is 23.1 Å². The Balaban J connectivity index is 3.08. The van der Waals surface area contributed by atoms with Crippen molar-refractivity contribution in [3.05, 3.63) is 29.6 Å². The quantitative estimate of drug-likeness (QED) is 0.644. The first kappa shape index (κ1) is 18.3. The molecule has 0 radical (unpaired) electrons. The first-order chi connectivity index (χ1) is 9.97. The van der Waals surface area contributed by atoms with Crippen LogP contribution in [0.3, 0.4) is 0 Å². The van der Waals surface area contributed by atoms with Crippen LogP contribution in [0, 0.1) is 5.82 Å². The summed E-state index contributed by atoms with van der Waals surface area (Å²) >= 11 is 5.61. The van der Waals surface area contributed by atoms with E-state index in [2.05, 4.69) is 0 Å². The first-order valence-corrected chi connectivity index (χ1v) is 8.27. The van der Waals surface area contributed by atoms with Crippen LogP contribution in [0.5, 0.6) is 0 Å². The molecule has 8 heteroatoms. The first-order valence-electron chi connectivity index (χ1n) is 6.29. The summed E-state index contributed by atoms with van der Waals surface area (Å²) < 4.78 is 49.9. The molecule has 0 fully saturated rings. The van der Waals surface area contributed by atoms with E-state index < -0.39 is 15.8 Å². The lowest BCUT2D eigenvalue weighted by Crippen LogP contribution is -2.36. The van der Waals surface area contributed by atoms with Gasteiger partial charge in [-0.3, -0.25) is 0 Å². The molecule has 0 atom stereocenters. The summed E-state index contributed by atoms with van der Waals surface area (Å²) in [6.07, 6.45) is 0. The number of alkyl halides is 1. The molecule has 1 aromatic carbocycles. The highest BCUT2D eigenvalue weighted by Gasteiger charge is 2.27. The standard InChI is InChI=1S/C13H19ClFNO4S/c1-19-7-5-16(6-8-20-2)21(17,18)13-4-3-11(10-14)9-12(13)15/h3-4,9H,5-8,10H2,1-2H3. The van der Waals surface area contributed by atoms with Crippen molar-refractivity contribution < 1.29 is 22.3 Å². The van der Waals surface area contributed by atoms with Crippen molar-refractivity contribution in [2.24, 2.45) is 0 Å². The average Bonchev–Trinajstić information content (AvgIpc) is 2.46. The Kier molecular flexibility index (Phi) is 7.55. The topological polar surface area (TPSA) is 55.8 Å². The average molecular weight is 340 g/mol. The Bertz CT molecular complexity index is 545. The second-order valence-corrected chi connectivity index (χ2v) is 6.46. The number of methoxy groups -OCH3 is 2. The van der Waals surface area contributed by atoms with Gasteiger partial charge in [-0.05, 0) is 17.7 Å². The van der Waals surface area contributed by atoms with E-state index in [1.54, 1.807) is 0 Å². The van der Waals surface area contributed by atoms with Gasteiger partial charge in [0, 0.05) is 33.2 Å². The highest BCUT2D eigenvalue weighted by molar-refractivity contribution is 7.89. The molecule has 0 spiro atoms. The fourth-order valence-electron chi connectivity index (χ4n) is 1.71. The van der Waals surface area contributed by atoms with Gasteiger partial charge in [-0.1, -0.05) is 6.07 Å². The van der Waals surface area contributed by atoms with E-state index in [1.807, 2.05) is 0 Å². The second kappa shape index (κ2) is 8.65. The molecule has 5 nitrogen and oxygen atoms in total. The number of sulfonamides is 1. The molecule has 0 saturated heterocycles. The number of hydrogen-bond donors (Lipinski definition) is 0. The molecule has 21 heavy (non-hydrogen) atoms. The van der Waals surface area contributed by atoms with E-state index in [9.17, 15) is 12.8 Å². The molecule has 120 valence electrons. The maximum absolute atomic E-state index is 14.0. The van der Waals surface area contributed by atoms with E-state index in [4.69, 9.17) is 21.1 Å². The Morgan fingerprint density at radius 1 is 1.19 bits per heavy atom. The number of halogens is 2. The molecule has 0 unspecified atom stereocenters. The van der Waals surface area contributed by atoms with Crippen molar-refractivity contribution in [2.45, 2.75) is 10.8 Å². The Morgan fingerprint density at radius 3 is 2.19 bits per heavy atom. The lowest BCUT2D eigenvalue weighted by Gasteiger charge is -2.22. The third kappa shape index (κ3) is 4.89. The molecule has 0 bridgehead atoms. The smallest absolute Gasteiger partial charge is 0.246 e. The number of hydrogen-bond acceptors (Lipinski definition) is 4. The third-order valence-corrected chi connectivity index (χ3v) is 5.10. The van der Waals surface area contributed by atoms with Crippen molar-refractivity contribution in [1.29, 1.82) is 0 Å². The molecule has 0 aromatic heterocycles. The van der Waals surface area contributed by atoms with Gasteiger partial charge in [-0.25, -0.2) is 12.8 Å². The third-order valence-electron chi connectivity index (χ3n) is 2.86. The van der Waals surface area contributed by atoms with Gasteiger partial charge in [0.15, 0.2) is 0 Å². The Hall–Kier alpha value is -0.730. The van der Waals surface area contributed by atoms with Crippen LogP contribution in [0.25, 0.3) is 0 Å². The minimum absolute atomic E-state index is 0.119. The number of ether oxygens (including phenoxy) is 2. The Labute approximate surface area is 129 Å². The maximum atomic E-state index is 14.0. The molecule has 0 heterocycles. The van der Waals surface area contributed by atoms with Crippen molar-refractivity contribution in [3.8, 4) is 0 Å². The second-order valence-electron chi connectivity index (χ2n) is 4.29. The van der Waals surface area contributed by atoms with Gasteiger partial charge in [0.25, 0.3) is 0 Å². The van der Waals surface area contributed by atoms with Gasteiger partial charge in [0.1, 0.15) is 10.7 Å². The minimum atomic E-state index is -3.95. The van der Waals surface area contributed by atoms with E-state index in [-0.39, 0.29) is 37.1 Å². The van der Waals surface area contributed by atoms with Gasteiger partial charge in [-0.15, -0.1) is 11.6 Å². The molecular formula is C13H19ClFNO4S. The molecule has 0 aliphatic carbocycles. The fourth-order valence-corrected chi connectivity index (χ4v) is 3.33. The molecule has 1 aromatic rings. The molecule has 1 rings (SSSR count). The van der Waals surface area contributed by atoms with Crippen LogP contribution in [0.4, 0.5) is 4.39 Å². The van der Waals surface area contributed by atoms with Crippen LogP contribution in [0.2, 0.25) is 0 Å². The van der Waals surface area contributed by atoms with Gasteiger partial charge in [-0.2, -0.15) is 4.31 Å². The zero-order chi connectivity index (χ0) is 15.9. The maximum Gasteiger partial charge on any atom is 0.246 e. The van der Waals surface area contributed by atoms with E-state index >= 15 is 0 Å². The lowest BCUT2D eigenvalue weighted by atomic mass is 10.2. The zero-order valence-corrected chi connectivity index (χ0v) is 13.6. The summed E-state index contributed by atoms with van der Waals surface area (Å²) in [5.41, 5.74) is 0.522. The van der Waals surface area contributed by atoms with Gasteiger partial charge < -0.3 is 9.47 Å². The summed E-state index contributed by atoms with van der Waals surface area (Å²) in [6, 6.07) is 3.85. The van der Waals surface area contributed by atoms with Crippen molar-refractivity contribution >= 4 is 21.6 Å². The lowest BCUT2D eigenvalue weighted by molar-refractivity contribution is 0.150. The monoisotopic (exact) mass is 339 g/mol. The van der Waals surface area contributed by atoms with E-state index in [1.165, 1.54) is 26.4 Å². The predicted molar refractivity (Wildman–Crippen MR) is 78.5 cm³/mol.